The summed E-state index contributed by atoms with van der Waals surface area (Å²) in [5, 5.41) is 57.5. The Morgan fingerprint density at radius 1 is 0.569 bits per heavy atom. The highest BCUT2D eigenvalue weighted by atomic mass is 79.9. The first kappa shape index (κ1) is 85.2. The Bertz CT molecular complexity index is 4160. The number of ether oxygens (including phenoxy) is 2. The van der Waals surface area contributed by atoms with Gasteiger partial charge in [-0.3, -0.25) is 33.3 Å². The van der Waals surface area contributed by atoms with E-state index >= 15 is 0 Å². The Labute approximate surface area is 616 Å². The first-order valence-corrected chi connectivity index (χ1v) is 34.6. The summed E-state index contributed by atoms with van der Waals surface area (Å²) < 4.78 is 22.0. The number of hydrogen-bond donors (Lipinski definition) is 4. The molecule has 6 N–H and O–H groups in total. The lowest BCUT2D eigenvalue weighted by atomic mass is 10.2. The van der Waals surface area contributed by atoms with Gasteiger partial charge in [0.1, 0.15) is 31.1 Å². The van der Waals surface area contributed by atoms with Gasteiger partial charge in [0, 0.05) is 78.3 Å². The number of esters is 2. The van der Waals surface area contributed by atoms with Gasteiger partial charge in [0.05, 0.1) is 105 Å². The second-order valence-electron chi connectivity index (χ2n) is 24.0. The molecule has 0 bridgehead atoms. The highest BCUT2D eigenvalue weighted by Crippen LogP contribution is 2.24. The number of nitrogens with one attached hydrogen (secondary N) is 2. The van der Waals surface area contributed by atoms with Crippen molar-refractivity contribution >= 4 is 124 Å². The Kier molecular flexibility index (Phi) is 33.2. The van der Waals surface area contributed by atoms with Gasteiger partial charge < -0.3 is 85.8 Å². The molecule has 558 valence electrons. The molecule has 0 saturated carbocycles. The predicted molar refractivity (Wildman–Crippen MR) is 386 cm³/mol. The average Bonchev–Trinajstić information content (AvgIpc) is 1.66. The topological polar surface area (TPSA) is 452 Å². The van der Waals surface area contributed by atoms with Crippen molar-refractivity contribution in [3.63, 3.8) is 0 Å². The minimum Gasteiger partial charge on any atom is -0.465 e. The van der Waals surface area contributed by atoms with Crippen molar-refractivity contribution in [3.05, 3.63) is 148 Å². The molecular weight excluding hydrogens is 1560 g/mol. The number of aromatic nitrogens is 12. The number of carbonyl (C=O) groups is 5. The molecule has 0 radical (unpaired) electrons. The normalized spacial score (nSPS) is 12.8. The van der Waals surface area contributed by atoms with Gasteiger partial charge in [-0.2, -0.15) is 24.2 Å². The van der Waals surface area contributed by atoms with Crippen LogP contribution in [0.2, 0.25) is 0 Å². The van der Waals surface area contributed by atoms with Gasteiger partial charge in [-0.15, -0.1) is 11.6 Å². The molecular formula is C61H86Br3ClN22O15. The van der Waals surface area contributed by atoms with Crippen LogP contribution in [0.25, 0.3) is 0 Å². The number of rotatable bonds is 18. The molecule has 102 heavy (non-hydrogen) atoms. The van der Waals surface area contributed by atoms with E-state index in [1.165, 1.54) is 41.4 Å². The van der Waals surface area contributed by atoms with Gasteiger partial charge in [-0.25, -0.2) is 9.59 Å². The Morgan fingerprint density at radius 2 is 0.961 bits per heavy atom. The summed E-state index contributed by atoms with van der Waals surface area (Å²) >= 11 is 15.3. The summed E-state index contributed by atoms with van der Waals surface area (Å²) in [7, 11) is 3.40. The number of aryl methyl sites for hydroxylation is 2. The van der Waals surface area contributed by atoms with E-state index < -0.39 is 26.7 Å². The molecule has 0 spiro atoms. The molecule has 0 saturated heterocycles. The fourth-order valence-corrected chi connectivity index (χ4v) is 11.4. The van der Waals surface area contributed by atoms with Gasteiger partial charge in [0.25, 0.3) is 11.1 Å². The van der Waals surface area contributed by atoms with Gasteiger partial charge in [-0.1, -0.05) is 27.7 Å². The summed E-state index contributed by atoms with van der Waals surface area (Å²) in [5.74, 6) is -0.583. The number of halogens is 4. The number of anilines is 3. The van der Waals surface area contributed by atoms with Crippen molar-refractivity contribution in [2.75, 3.05) is 24.3 Å². The molecule has 0 unspecified atom stereocenters. The zero-order valence-electron chi connectivity index (χ0n) is 58.9. The van der Waals surface area contributed by atoms with Crippen molar-refractivity contribution in [1.82, 2.24) is 78.1 Å². The molecule has 3 aliphatic heterocycles. The molecule has 3 aliphatic rings. The van der Waals surface area contributed by atoms with Crippen LogP contribution in [0.5, 0.6) is 0 Å². The predicted octanol–water partition coefficient (Wildman–Crippen LogP) is 6.81. The van der Waals surface area contributed by atoms with E-state index in [0.29, 0.717) is 77.6 Å². The van der Waals surface area contributed by atoms with Gasteiger partial charge >= 0.3 is 29.4 Å². The van der Waals surface area contributed by atoms with Crippen molar-refractivity contribution < 1.29 is 48.2 Å². The van der Waals surface area contributed by atoms with E-state index in [2.05, 4.69) is 83.9 Å². The van der Waals surface area contributed by atoms with E-state index in [9.17, 15) is 63.9 Å². The van der Waals surface area contributed by atoms with Crippen molar-refractivity contribution in [2.45, 2.75) is 178 Å². The molecule has 10 rings (SSSR count). The fraction of sp³-hybridized carbons (Fsp3) is 0.508. The zero-order chi connectivity index (χ0) is 76.7. The Balaban J connectivity index is 0.000000260. The molecule has 0 aromatic carbocycles. The number of alkyl halides is 1. The SMILES string of the molecule is CC(C)N.CC(C)N1Cc2cc(N)nn2CC1=O.CC(C)N1Cc2cc(Nc3cc(Br)cn(C)c3=O)nn2CC1=O.CC(C)N1Cc2cc([N+](=O)[O-])nn2CC1=O.CCOC(=O)Cn1nc([N+](=O)[O-])cc1CCl.CCOC(=O)Cn1nc([N+](=O)[O-])cc1CNC(C)C.Cn1cc(Br)cc(Br)c1=O. The molecule has 7 aromatic rings. The largest absolute Gasteiger partial charge is 0.465 e. The van der Waals surface area contributed by atoms with Crippen LogP contribution in [-0.4, -0.2) is 161 Å². The van der Waals surface area contributed by atoms with Gasteiger partial charge in [0.15, 0.2) is 18.9 Å². The third kappa shape index (κ3) is 26.0. The lowest BCUT2D eigenvalue weighted by molar-refractivity contribution is -0.390. The minimum atomic E-state index is -0.641. The summed E-state index contributed by atoms with van der Waals surface area (Å²) in [4.78, 5) is 116. The van der Waals surface area contributed by atoms with E-state index in [1.54, 1.807) is 66.7 Å². The van der Waals surface area contributed by atoms with Crippen LogP contribution in [0, 0.1) is 30.3 Å². The molecule has 0 aliphatic carbocycles. The van der Waals surface area contributed by atoms with E-state index in [-0.39, 0.29) is 116 Å². The average molecular weight is 1640 g/mol. The second kappa shape index (κ2) is 39.8. The number of pyridine rings is 2. The summed E-state index contributed by atoms with van der Waals surface area (Å²) in [6.07, 6.45) is 3.41. The first-order chi connectivity index (χ1) is 47.8. The summed E-state index contributed by atoms with van der Waals surface area (Å²) in [6.45, 7) is 25.8. The standard InChI is InChI=1S/C15H18BrN5O2.C11H18N4O4.C9H12N4O3.C9H14N4O.C8H10ClN3O4.C6H5Br2NO.C3H9N/c1-9(2)20-7-11-5-13(18-21(11)8-14(20)22)17-12-4-10(16)6-19(3)15(12)23;1-4-19-11(16)7-14-9(6-12-8(2)3)5-10(13-14)15(17)18;1-6(2)11-4-7-3-8(13(15)16)10-12(7)5-9(11)14;1-6(2)12-4-7-3-8(10)11-13(7)5-9(12)14;1-2-16-8(13)5-11-6(4-9)3-7(10-11)12(14)15;1-9-3-4(7)2-5(8)6(9)10;1-3(2)4/h4-6,9H,7-8H2,1-3H3,(H,17,18);5,8,12H,4,6-7H2,1-3H3;3,6H,4-5H2,1-2H3;3,6H,4-5H2,1-2H3,(H2,10,11);3H,2,4-5H2,1H3;2-3H,1H3;3H,4H2,1-2H3. The molecule has 41 heteroatoms. The van der Waals surface area contributed by atoms with E-state index in [4.69, 9.17) is 32.5 Å². The maximum atomic E-state index is 12.1. The monoisotopic (exact) mass is 1640 g/mol. The van der Waals surface area contributed by atoms with Crippen molar-refractivity contribution in [1.29, 1.82) is 0 Å². The highest BCUT2D eigenvalue weighted by molar-refractivity contribution is 9.11. The van der Waals surface area contributed by atoms with Crippen LogP contribution < -0.4 is 33.2 Å². The second-order valence-corrected chi connectivity index (χ2v) is 27.0. The Hall–Kier alpha value is -9.25. The zero-order valence-corrected chi connectivity index (χ0v) is 64.4. The third-order valence-electron chi connectivity index (χ3n) is 14.1. The first-order valence-electron chi connectivity index (χ1n) is 31.7. The smallest absolute Gasteiger partial charge is 0.390 e. The number of nitrogens with two attached hydrogens (primary N) is 2. The molecule has 0 fully saturated rings. The lowest BCUT2D eigenvalue weighted by Gasteiger charge is -2.30. The molecule has 0 atom stereocenters. The quantitative estimate of drug-likeness (QED) is 0.0297. The molecule has 10 heterocycles. The maximum absolute atomic E-state index is 12.1. The number of amides is 3. The van der Waals surface area contributed by atoms with Crippen LogP contribution in [-0.2, 0) is 112 Å². The number of carbonyl (C=O) groups excluding carboxylic acids is 5. The van der Waals surface area contributed by atoms with Crippen LogP contribution in [0.3, 0.4) is 0 Å². The van der Waals surface area contributed by atoms with Gasteiger partial charge in [0.2, 0.25) is 17.7 Å². The van der Waals surface area contributed by atoms with E-state index in [1.807, 2.05) is 91.2 Å². The van der Waals surface area contributed by atoms with Gasteiger partial charge in [-0.05, 0) is 136 Å². The summed E-state index contributed by atoms with van der Waals surface area (Å²) in [5.41, 5.74) is 14.6. The van der Waals surface area contributed by atoms with E-state index in [0.717, 1.165) is 20.3 Å². The Morgan fingerprint density at radius 3 is 1.38 bits per heavy atom. The molecule has 3 amide bonds. The number of nitrogen functional groups attached to an aromatic ring is 1. The number of fused-ring (bicyclic) bond motifs is 3. The van der Waals surface area contributed by atoms with Crippen LogP contribution in [0.1, 0.15) is 112 Å². The molecule has 37 nitrogen and oxygen atoms in total. The maximum Gasteiger partial charge on any atom is 0.390 e. The lowest BCUT2D eigenvalue weighted by Crippen LogP contribution is -2.43. The van der Waals surface area contributed by atoms with Crippen LogP contribution in [0.15, 0.2) is 77.9 Å². The number of nitrogens with zero attached hydrogens (tertiary/aromatic N) is 18. The third-order valence-corrected chi connectivity index (χ3v) is 15.8. The minimum absolute atomic E-state index is 0.0248. The molecule has 7 aromatic heterocycles. The summed E-state index contributed by atoms with van der Waals surface area (Å²) in [6, 6.07) is 12.2. The van der Waals surface area contributed by atoms with Crippen molar-refractivity contribution in [3.8, 4) is 0 Å². The number of hydrogen-bond acceptors (Lipinski definition) is 24. The van der Waals surface area contributed by atoms with Crippen LogP contribution >= 0.6 is 59.4 Å². The number of nitro groups is 3. The highest BCUT2D eigenvalue weighted by Gasteiger charge is 2.32. The van der Waals surface area contributed by atoms with Crippen molar-refractivity contribution in [2.24, 2.45) is 19.8 Å². The van der Waals surface area contributed by atoms with Crippen LogP contribution in [0.4, 0.5) is 34.8 Å². The fourth-order valence-electron chi connectivity index (χ4n) is 9.25.